The van der Waals surface area contributed by atoms with Crippen molar-refractivity contribution in [1.82, 2.24) is 10.6 Å². The van der Waals surface area contributed by atoms with Gasteiger partial charge in [0.05, 0.1) is 6.42 Å². The van der Waals surface area contributed by atoms with Crippen LogP contribution in [0.1, 0.15) is 58.8 Å². The quantitative estimate of drug-likeness (QED) is 0.393. The number of aliphatic carboxylic acids is 2. The Hall–Kier alpha value is -2.12. The minimum absolute atomic E-state index is 0.210. The van der Waals surface area contributed by atoms with E-state index in [2.05, 4.69) is 17.6 Å². The molecule has 4 N–H and O–H groups in total. The van der Waals surface area contributed by atoms with Gasteiger partial charge >= 0.3 is 11.9 Å². The predicted octanol–water partition coefficient (Wildman–Crippen LogP) is 0.896. The van der Waals surface area contributed by atoms with Crippen molar-refractivity contribution >= 4 is 23.8 Å². The largest absolute Gasteiger partial charge is 0.481 e. The van der Waals surface area contributed by atoms with Crippen molar-refractivity contribution in [2.75, 3.05) is 0 Å². The third kappa shape index (κ3) is 10.3. The van der Waals surface area contributed by atoms with E-state index in [0.717, 1.165) is 25.7 Å². The molecule has 0 aromatic carbocycles. The molecule has 0 spiro atoms. The first-order chi connectivity index (χ1) is 10.8. The smallest absolute Gasteiger partial charge is 0.325 e. The molecule has 8 heteroatoms. The maximum Gasteiger partial charge on any atom is 0.325 e. The zero-order valence-corrected chi connectivity index (χ0v) is 13.6. The van der Waals surface area contributed by atoms with Crippen LogP contribution in [0.4, 0.5) is 0 Å². The first-order valence-electron chi connectivity index (χ1n) is 7.82. The van der Waals surface area contributed by atoms with Crippen LogP contribution in [-0.4, -0.2) is 46.0 Å². The summed E-state index contributed by atoms with van der Waals surface area (Å²) >= 11 is 0. The SMILES string of the molecule is CCCCCCCC(=O)NC(CC(=O)O)C(=O)NC(C)C(=O)O. The maximum atomic E-state index is 11.9. The summed E-state index contributed by atoms with van der Waals surface area (Å²) in [5.74, 6) is -3.72. The van der Waals surface area contributed by atoms with Crippen LogP contribution < -0.4 is 10.6 Å². The van der Waals surface area contributed by atoms with Gasteiger partial charge in [-0.2, -0.15) is 0 Å². The first-order valence-corrected chi connectivity index (χ1v) is 7.82. The van der Waals surface area contributed by atoms with Crippen molar-refractivity contribution in [1.29, 1.82) is 0 Å². The summed E-state index contributed by atoms with van der Waals surface area (Å²) < 4.78 is 0. The highest BCUT2D eigenvalue weighted by molar-refractivity contribution is 5.92. The van der Waals surface area contributed by atoms with Gasteiger partial charge in [-0.15, -0.1) is 0 Å². The third-order valence-corrected chi connectivity index (χ3v) is 3.27. The molecule has 0 aliphatic carbocycles. The molecule has 2 atom stereocenters. The van der Waals surface area contributed by atoms with Gasteiger partial charge in [-0.05, 0) is 13.3 Å². The summed E-state index contributed by atoms with van der Waals surface area (Å²) in [4.78, 5) is 45.2. The number of carboxylic acids is 2. The summed E-state index contributed by atoms with van der Waals surface area (Å²) in [6, 6.07) is -2.44. The molecule has 0 aromatic rings. The van der Waals surface area contributed by atoms with Crippen LogP contribution in [0.25, 0.3) is 0 Å². The molecular formula is C15H26N2O6. The zero-order valence-electron chi connectivity index (χ0n) is 13.6. The Bertz CT molecular complexity index is 424. The Morgan fingerprint density at radius 1 is 0.957 bits per heavy atom. The van der Waals surface area contributed by atoms with Crippen molar-refractivity contribution in [3.8, 4) is 0 Å². The Morgan fingerprint density at radius 3 is 2.09 bits per heavy atom. The van der Waals surface area contributed by atoms with Crippen molar-refractivity contribution in [3.63, 3.8) is 0 Å². The lowest BCUT2D eigenvalue weighted by atomic mass is 10.1. The summed E-state index contributed by atoms with van der Waals surface area (Å²) in [7, 11) is 0. The second-order valence-electron chi connectivity index (χ2n) is 5.45. The van der Waals surface area contributed by atoms with Crippen LogP contribution in [0.15, 0.2) is 0 Å². The van der Waals surface area contributed by atoms with Gasteiger partial charge in [0.1, 0.15) is 12.1 Å². The molecule has 0 aromatic heterocycles. The van der Waals surface area contributed by atoms with Gasteiger partial charge in [-0.3, -0.25) is 19.2 Å². The fourth-order valence-electron chi connectivity index (χ4n) is 1.92. The Kier molecular flexibility index (Phi) is 10.4. The van der Waals surface area contributed by atoms with E-state index in [1.807, 2.05) is 0 Å². The van der Waals surface area contributed by atoms with E-state index >= 15 is 0 Å². The average molecular weight is 330 g/mol. The predicted molar refractivity (Wildman–Crippen MR) is 82.8 cm³/mol. The zero-order chi connectivity index (χ0) is 17.8. The summed E-state index contributed by atoms with van der Waals surface area (Å²) in [5, 5.41) is 22.1. The molecule has 0 aliphatic rings. The van der Waals surface area contributed by atoms with Crippen molar-refractivity contribution in [3.05, 3.63) is 0 Å². The lowest BCUT2D eigenvalue weighted by molar-refractivity contribution is -0.143. The monoisotopic (exact) mass is 330 g/mol. The third-order valence-electron chi connectivity index (χ3n) is 3.27. The second kappa shape index (κ2) is 11.4. The summed E-state index contributed by atoms with van der Waals surface area (Å²) in [5.41, 5.74) is 0. The van der Waals surface area contributed by atoms with Crippen LogP contribution in [0.5, 0.6) is 0 Å². The highest BCUT2D eigenvalue weighted by Gasteiger charge is 2.26. The van der Waals surface area contributed by atoms with Crippen LogP contribution in [0.3, 0.4) is 0 Å². The molecule has 2 amide bonds. The first kappa shape index (κ1) is 20.9. The van der Waals surface area contributed by atoms with Crippen LogP contribution in [-0.2, 0) is 19.2 Å². The van der Waals surface area contributed by atoms with Gasteiger partial charge in [-0.1, -0.05) is 32.6 Å². The number of carbonyl (C=O) groups excluding carboxylic acids is 2. The highest BCUT2D eigenvalue weighted by atomic mass is 16.4. The molecule has 0 fully saturated rings. The van der Waals surface area contributed by atoms with Gasteiger partial charge in [0.15, 0.2) is 0 Å². The van der Waals surface area contributed by atoms with Gasteiger partial charge in [0.2, 0.25) is 11.8 Å². The average Bonchev–Trinajstić information content (AvgIpc) is 2.45. The number of hydrogen-bond donors (Lipinski definition) is 4. The molecule has 0 aliphatic heterocycles. The molecule has 0 heterocycles. The number of carboxylic acid groups (broad SMARTS) is 2. The molecule has 0 saturated heterocycles. The minimum Gasteiger partial charge on any atom is -0.481 e. The summed E-state index contributed by atoms with van der Waals surface area (Å²) in [6.07, 6.45) is 4.39. The Balaban J connectivity index is 4.42. The fraction of sp³-hybridized carbons (Fsp3) is 0.733. The summed E-state index contributed by atoms with van der Waals surface area (Å²) in [6.45, 7) is 3.34. The number of hydrogen-bond acceptors (Lipinski definition) is 4. The number of rotatable bonds is 12. The van der Waals surface area contributed by atoms with Crippen molar-refractivity contribution in [2.45, 2.75) is 70.9 Å². The number of carbonyl (C=O) groups is 4. The normalized spacial score (nSPS) is 13.0. The van der Waals surface area contributed by atoms with E-state index < -0.39 is 42.3 Å². The van der Waals surface area contributed by atoms with E-state index in [1.54, 1.807) is 0 Å². The molecule has 23 heavy (non-hydrogen) atoms. The van der Waals surface area contributed by atoms with E-state index in [9.17, 15) is 19.2 Å². The standard InChI is InChI=1S/C15H26N2O6/c1-3-4-5-6-7-8-12(18)17-11(9-13(19)20)14(21)16-10(2)15(22)23/h10-11H,3-9H2,1-2H3,(H,16,21)(H,17,18)(H,19,20)(H,22,23). The van der Waals surface area contributed by atoms with Gasteiger partial charge in [-0.25, -0.2) is 0 Å². The molecule has 8 nitrogen and oxygen atoms in total. The highest BCUT2D eigenvalue weighted by Crippen LogP contribution is 2.05. The molecule has 2 unspecified atom stereocenters. The number of amides is 2. The minimum atomic E-state index is -1.28. The molecule has 0 rings (SSSR count). The van der Waals surface area contributed by atoms with Gasteiger partial charge in [0.25, 0.3) is 0 Å². The molecule has 0 radical (unpaired) electrons. The van der Waals surface area contributed by atoms with Crippen LogP contribution in [0, 0.1) is 0 Å². The van der Waals surface area contributed by atoms with Crippen molar-refractivity contribution < 1.29 is 29.4 Å². The number of nitrogens with one attached hydrogen (secondary N) is 2. The lowest BCUT2D eigenvalue weighted by Crippen LogP contribution is -2.51. The second-order valence-corrected chi connectivity index (χ2v) is 5.45. The van der Waals surface area contributed by atoms with Gasteiger partial charge in [0, 0.05) is 6.42 Å². The van der Waals surface area contributed by atoms with Gasteiger partial charge < -0.3 is 20.8 Å². The maximum absolute atomic E-state index is 11.9. The Labute approximate surface area is 135 Å². The van der Waals surface area contributed by atoms with Crippen LogP contribution in [0.2, 0.25) is 0 Å². The van der Waals surface area contributed by atoms with E-state index in [4.69, 9.17) is 10.2 Å². The van der Waals surface area contributed by atoms with Crippen LogP contribution >= 0.6 is 0 Å². The molecular weight excluding hydrogens is 304 g/mol. The van der Waals surface area contributed by atoms with Crippen molar-refractivity contribution in [2.24, 2.45) is 0 Å². The van der Waals surface area contributed by atoms with E-state index in [0.29, 0.717) is 6.42 Å². The molecule has 132 valence electrons. The van der Waals surface area contributed by atoms with E-state index in [-0.39, 0.29) is 6.42 Å². The fourth-order valence-corrected chi connectivity index (χ4v) is 1.92. The van der Waals surface area contributed by atoms with E-state index in [1.165, 1.54) is 6.92 Å². The lowest BCUT2D eigenvalue weighted by Gasteiger charge is -2.18. The topological polar surface area (TPSA) is 133 Å². The Morgan fingerprint density at radius 2 is 1.57 bits per heavy atom. The molecule has 0 bridgehead atoms. The molecule has 0 saturated carbocycles. The number of unbranched alkanes of at least 4 members (excludes halogenated alkanes) is 4.